The van der Waals surface area contributed by atoms with E-state index < -0.39 is 12.1 Å². The zero-order valence-electron chi connectivity index (χ0n) is 11.0. The van der Waals surface area contributed by atoms with Crippen molar-refractivity contribution in [3.8, 4) is 0 Å². The highest BCUT2D eigenvalue weighted by Crippen LogP contribution is 2.17. The number of hydrogen-bond donors (Lipinski definition) is 1. The van der Waals surface area contributed by atoms with Gasteiger partial charge in [-0.05, 0) is 11.0 Å². The van der Waals surface area contributed by atoms with E-state index in [1.807, 2.05) is 51.1 Å². The van der Waals surface area contributed by atoms with E-state index in [1.54, 1.807) is 0 Å². The number of aldehydes is 1. The summed E-state index contributed by atoms with van der Waals surface area (Å²) in [4.78, 5) is 22.4. The van der Waals surface area contributed by atoms with Gasteiger partial charge in [0, 0.05) is 0 Å². The molecule has 0 heterocycles. The zero-order valence-corrected chi connectivity index (χ0v) is 11.0. The van der Waals surface area contributed by atoms with E-state index in [0.717, 1.165) is 11.8 Å². The molecule has 1 N–H and O–H groups in total. The molecule has 0 spiro atoms. The maximum atomic E-state index is 11.5. The van der Waals surface area contributed by atoms with Gasteiger partial charge in [0.05, 0.1) is 6.04 Å². The number of benzene rings is 1. The van der Waals surface area contributed by atoms with E-state index in [2.05, 4.69) is 5.32 Å². The fraction of sp³-hybridized carbons (Fsp3) is 0.429. The van der Waals surface area contributed by atoms with Crippen LogP contribution in [0.25, 0.3) is 0 Å². The van der Waals surface area contributed by atoms with Gasteiger partial charge in [0.2, 0.25) is 0 Å². The van der Waals surface area contributed by atoms with Crippen molar-refractivity contribution in [1.82, 2.24) is 5.32 Å². The number of rotatable bonds is 4. The summed E-state index contributed by atoms with van der Waals surface area (Å²) in [6, 6.07) is 8.83. The van der Waals surface area contributed by atoms with Crippen LogP contribution in [-0.4, -0.2) is 18.4 Å². The third kappa shape index (κ3) is 4.57. The Bertz CT molecular complexity index is 395. The second-order valence-corrected chi connectivity index (χ2v) is 5.19. The standard InChI is InChI=1S/C14H19NO3/c1-14(2,3)12(9-16)15-13(17)18-10-11-7-5-4-6-8-11/h4-9,12H,10H2,1-3H3,(H,15,17)/t12-/m1/s1. The lowest BCUT2D eigenvalue weighted by Crippen LogP contribution is -2.45. The summed E-state index contributed by atoms with van der Waals surface area (Å²) in [5, 5.41) is 2.55. The van der Waals surface area contributed by atoms with Crippen molar-refractivity contribution in [3.05, 3.63) is 35.9 Å². The first-order valence-electron chi connectivity index (χ1n) is 5.86. The monoisotopic (exact) mass is 249 g/mol. The number of nitrogens with one attached hydrogen (secondary N) is 1. The molecule has 1 aromatic carbocycles. The molecule has 1 rings (SSSR count). The topological polar surface area (TPSA) is 55.4 Å². The number of alkyl carbamates (subject to hydrolysis) is 1. The predicted octanol–water partition coefficient (Wildman–Crippen LogP) is 2.53. The average Bonchev–Trinajstić information content (AvgIpc) is 2.33. The highest BCUT2D eigenvalue weighted by molar-refractivity contribution is 5.73. The van der Waals surface area contributed by atoms with Gasteiger partial charge in [0.15, 0.2) is 0 Å². The molecular weight excluding hydrogens is 230 g/mol. The summed E-state index contributed by atoms with van der Waals surface area (Å²) in [5.74, 6) is 0. The van der Waals surface area contributed by atoms with E-state index in [-0.39, 0.29) is 12.0 Å². The Kier molecular flexibility index (Phi) is 4.89. The number of hydrogen-bond acceptors (Lipinski definition) is 3. The van der Waals surface area contributed by atoms with Crippen LogP contribution >= 0.6 is 0 Å². The molecule has 0 saturated carbocycles. The maximum Gasteiger partial charge on any atom is 0.408 e. The molecule has 1 atom stereocenters. The molecule has 98 valence electrons. The van der Waals surface area contributed by atoms with Gasteiger partial charge >= 0.3 is 6.09 Å². The van der Waals surface area contributed by atoms with Crippen molar-refractivity contribution in [2.24, 2.45) is 5.41 Å². The summed E-state index contributed by atoms with van der Waals surface area (Å²) < 4.78 is 5.05. The second kappa shape index (κ2) is 6.19. The van der Waals surface area contributed by atoms with Crippen LogP contribution in [0.5, 0.6) is 0 Å². The Labute approximate surface area is 107 Å². The van der Waals surface area contributed by atoms with Crippen molar-refractivity contribution in [2.75, 3.05) is 0 Å². The minimum atomic E-state index is -0.578. The first-order valence-corrected chi connectivity index (χ1v) is 5.86. The van der Waals surface area contributed by atoms with Crippen LogP contribution in [0.4, 0.5) is 4.79 Å². The van der Waals surface area contributed by atoms with Gasteiger partial charge < -0.3 is 14.8 Å². The van der Waals surface area contributed by atoms with Crippen LogP contribution in [0.1, 0.15) is 26.3 Å². The van der Waals surface area contributed by atoms with Crippen molar-refractivity contribution in [2.45, 2.75) is 33.4 Å². The summed E-state index contributed by atoms with van der Waals surface area (Å²) in [7, 11) is 0. The molecule has 0 aliphatic rings. The quantitative estimate of drug-likeness (QED) is 0.834. The smallest absolute Gasteiger partial charge is 0.408 e. The van der Waals surface area contributed by atoms with E-state index in [4.69, 9.17) is 4.74 Å². The first-order chi connectivity index (χ1) is 8.43. The number of amides is 1. The van der Waals surface area contributed by atoms with Crippen LogP contribution in [-0.2, 0) is 16.1 Å². The summed E-state index contributed by atoms with van der Waals surface area (Å²) in [5.41, 5.74) is 0.583. The number of carbonyl (C=O) groups excluding carboxylic acids is 2. The maximum absolute atomic E-state index is 11.5. The Morgan fingerprint density at radius 2 is 1.94 bits per heavy atom. The zero-order chi connectivity index (χ0) is 13.6. The van der Waals surface area contributed by atoms with Gasteiger partial charge in [-0.3, -0.25) is 0 Å². The molecule has 4 heteroatoms. The van der Waals surface area contributed by atoms with Gasteiger partial charge in [0.1, 0.15) is 12.9 Å². The Morgan fingerprint density at radius 3 is 2.44 bits per heavy atom. The number of carbonyl (C=O) groups is 2. The minimum Gasteiger partial charge on any atom is -0.445 e. The summed E-state index contributed by atoms with van der Waals surface area (Å²) in [6.07, 6.45) is 0.148. The third-order valence-corrected chi connectivity index (χ3v) is 2.56. The molecular formula is C14H19NO3. The summed E-state index contributed by atoms with van der Waals surface area (Å²) in [6.45, 7) is 5.83. The molecule has 0 fully saturated rings. The molecule has 0 aliphatic carbocycles. The molecule has 0 bridgehead atoms. The van der Waals surface area contributed by atoms with Crippen molar-refractivity contribution in [3.63, 3.8) is 0 Å². The van der Waals surface area contributed by atoms with E-state index in [1.165, 1.54) is 0 Å². The second-order valence-electron chi connectivity index (χ2n) is 5.19. The minimum absolute atomic E-state index is 0.197. The van der Waals surface area contributed by atoms with Gasteiger partial charge in [-0.25, -0.2) is 4.79 Å². The molecule has 1 aromatic rings. The first kappa shape index (κ1) is 14.2. The Morgan fingerprint density at radius 1 is 1.33 bits per heavy atom. The van der Waals surface area contributed by atoms with E-state index in [9.17, 15) is 9.59 Å². The fourth-order valence-corrected chi connectivity index (χ4v) is 1.35. The molecule has 0 aliphatic heterocycles. The molecule has 0 radical (unpaired) electrons. The highest BCUT2D eigenvalue weighted by Gasteiger charge is 2.26. The SMILES string of the molecule is CC(C)(C)[C@@H](C=O)NC(=O)OCc1ccccc1. The van der Waals surface area contributed by atoms with Gasteiger partial charge in [0.25, 0.3) is 0 Å². The predicted molar refractivity (Wildman–Crippen MR) is 69.1 cm³/mol. The van der Waals surface area contributed by atoms with Crippen molar-refractivity contribution < 1.29 is 14.3 Å². The van der Waals surface area contributed by atoms with E-state index >= 15 is 0 Å². The molecule has 0 saturated heterocycles. The van der Waals surface area contributed by atoms with Crippen LogP contribution in [0.15, 0.2) is 30.3 Å². The lowest BCUT2D eigenvalue weighted by Gasteiger charge is -2.26. The number of ether oxygens (including phenoxy) is 1. The van der Waals surface area contributed by atoms with E-state index in [0.29, 0.717) is 0 Å². The fourth-order valence-electron chi connectivity index (χ4n) is 1.35. The average molecular weight is 249 g/mol. The van der Waals surface area contributed by atoms with Gasteiger partial charge in [-0.2, -0.15) is 0 Å². The normalized spacial score (nSPS) is 12.6. The van der Waals surface area contributed by atoms with Gasteiger partial charge in [-0.1, -0.05) is 51.1 Å². The van der Waals surface area contributed by atoms with Crippen LogP contribution in [0.2, 0.25) is 0 Å². The Hall–Kier alpha value is -1.84. The molecule has 1 amide bonds. The van der Waals surface area contributed by atoms with Crippen LogP contribution in [0, 0.1) is 5.41 Å². The lowest BCUT2D eigenvalue weighted by molar-refractivity contribution is -0.111. The van der Waals surface area contributed by atoms with Gasteiger partial charge in [-0.15, -0.1) is 0 Å². The van der Waals surface area contributed by atoms with Crippen LogP contribution in [0.3, 0.4) is 0 Å². The lowest BCUT2D eigenvalue weighted by atomic mass is 9.88. The Balaban J connectivity index is 2.45. The molecule has 0 unspecified atom stereocenters. The molecule has 0 aromatic heterocycles. The third-order valence-electron chi connectivity index (χ3n) is 2.56. The largest absolute Gasteiger partial charge is 0.445 e. The molecule has 18 heavy (non-hydrogen) atoms. The van der Waals surface area contributed by atoms with Crippen molar-refractivity contribution in [1.29, 1.82) is 0 Å². The van der Waals surface area contributed by atoms with Crippen molar-refractivity contribution >= 4 is 12.4 Å². The van der Waals surface area contributed by atoms with Crippen LogP contribution < -0.4 is 5.32 Å². The summed E-state index contributed by atoms with van der Waals surface area (Å²) >= 11 is 0. The molecule has 4 nitrogen and oxygen atoms in total. The highest BCUT2D eigenvalue weighted by atomic mass is 16.5.